The summed E-state index contributed by atoms with van der Waals surface area (Å²) in [7, 11) is 0. The maximum Gasteiger partial charge on any atom is 0.321 e. The number of nitrogens with zero attached hydrogens (tertiary/aromatic N) is 4. The molecule has 0 amide bonds. The predicted molar refractivity (Wildman–Crippen MR) is 105 cm³/mol. The third-order valence-electron chi connectivity index (χ3n) is 4.37. The van der Waals surface area contributed by atoms with Gasteiger partial charge in [0.1, 0.15) is 12.4 Å². The first-order valence-corrected chi connectivity index (χ1v) is 8.66. The number of hydrogen-bond acceptors (Lipinski definition) is 6. The summed E-state index contributed by atoms with van der Waals surface area (Å²) < 4.78 is 5.82. The van der Waals surface area contributed by atoms with E-state index in [2.05, 4.69) is 40.1 Å². The molecular formula is C21H19N5O. The molecule has 2 aromatic heterocycles. The fraction of sp³-hybridized carbons (Fsp3) is 0.143. The number of hydrogen-bond donors (Lipinski definition) is 1. The number of aromatic nitrogens is 4. The van der Waals surface area contributed by atoms with Gasteiger partial charge in [0.2, 0.25) is 5.95 Å². The number of pyridine rings is 1. The van der Waals surface area contributed by atoms with Crippen molar-refractivity contribution in [2.24, 2.45) is 0 Å². The summed E-state index contributed by atoms with van der Waals surface area (Å²) in [4.78, 5) is 17.0. The monoisotopic (exact) mass is 357 g/mol. The molecule has 0 aliphatic rings. The largest absolute Gasteiger partial charge is 0.457 e. The van der Waals surface area contributed by atoms with E-state index in [1.807, 2.05) is 36.4 Å². The second kappa shape index (κ2) is 6.99. The molecule has 0 aliphatic heterocycles. The molecule has 2 heterocycles. The first-order valence-electron chi connectivity index (χ1n) is 8.66. The molecule has 134 valence electrons. The summed E-state index contributed by atoms with van der Waals surface area (Å²) in [6.07, 6.45) is 0. The zero-order chi connectivity index (χ0) is 18.8. The van der Waals surface area contributed by atoms with Crippen molar-refractivity contribution < 1.29 is 4.74 Å². The van der Waals surface area contributed by atoms with E-state index in [-0.39, 0.29) is 18.6 Å². The summed E-state index contributed by atoms with van der Waals surface area (Å²) in [6, 6.07) is 18.5. The van der Waals surface area contributed by atoms with E-state index >= 15 is 0 Å². The Balaban J connectivity index is 1.80. The van der Waals surface area contributed by atoms with Crippen LogP contribution in [-0.4, -0.2) is 19.9 Å². The van der Waals surface area contributed by atoms with Crippen LogP contribution in [0.3, 0.4) is 0 Å². The molecule has 6 heteroatoms. The van der Waals surface area contributed by atoms with Crippen LogP contribution < -0.4 is 10.5 Å². The van der Waals surface area contributed by atoms with Gasteiger partial charge in [-0.1, -0.05) is 48.5 Å². The molecule has 0 radical (unpaired) electrons. The number of para-hydroxylation sites is 1. The lowest BCUT2D eigenvalue weighted by atomic mass is 9.95. The van der Waals surface area contributed by atoms with Crippen molar-refractivity contribution in [3.05, 3.63) is 71.7 Å². The molecule has 4 aromatic rings. The van der Waals surface area contributed by atoms with Gasteiger partial charge >= 0.3 is 6.01 Å². The Bertz CT molecular complexity index is 1090. The molecule has 0 aliphatic carbocycles. The van der Waals surface area contributed by atoms with Crippen molar-refractivity contribution in [2.45, 2.75) is 20.5 Å². The van der Waals surface area contributed by atoms with Crippen LogP contribution in [0.25, 0.3) is 22.0 Å². The maximum absolute atomic E-state index is 5.82. The summed E-state index contributed by atoms with van der Waals surface area (Å²) in [5.41, 5.74) is 10.8. The highest BCUT2D eigenvalue weighted by Gasteiger charge is 2.15. The van der Waals surface area contributed by atoms with Crippen LogP contribution in [0.1, 0.15) is 17.1 Å². The van der Waals surface area contributed by atoms with Gasteiger partial charge in [-0.3, -0.25) is 0 Å². The van der Waals surface area contributed by atoms with Crippen LogP contribution in [-0.2, 0) is 6.61 Å². The number of anilines is 1. The maximum atomic E-state index is 5.82. The lowest BCUT2D eigenvalue weighted by molar-refractivity contribution is 0.276. The zero-order valence-corrected chi connectivity index (χ0v) is 15.2. The van der Waals surface area contributed by atoms with Crippen molar-refractivity contribution >= 4 is 16.9 Å². The van der Waals surface area contributed by atoms with E-state index in [0.717, 1.165) is 33.3 Å². The Hall–Kier alpha value is -3.54. The number of nitrogens with two attached hydrogens (primary N) is 1. The number of nitrogen functional groups attached to an aromatic ring is 1. The number of fused-ring (bicyclic) bond motifs is 1. The van der Waals surface area contributed by atoms with Gasteiger partial charge in [-0.25, -0.2) is 4.98 Å². The number of benzene rings is 2. The third-order valence-corrected chi connectivity index (χ3v) is 4.37. The molecule has 0 bridgehead atoms. The normalized spacial score (nSPS) is 10.9. The third kappa shape index (κ3) is 3.42. The number of rotatable bonds is 4. The summed E-state index contributed by atoms with van der Waals surface area (Å²) >= 11 is 0. The molecule has 0 fully saturated rings. The Labute approximate surface area is 157 Å². The molecule has 0 atom stereocenters. The number of ether oxygens (including phenoxy) is 1. The first kappa shape index (κ1) is 16.9. The minimum absolute atomic E-state index is 0.142. The fourth-order valence-corrected chi connectivity index (χ4v) is 3.21. The second-order valence-electron chi connectivity index (χ2n) is 6.25. The van der Waals surface area contributed by atoms with E-state index in [1.54, 1.807) is 6.92 Å². The molecule has 27 heavy (non-hydrogen) atoms. The van der Waals surface area contributed by atoms with Crippen LogP contribution in [0.15, 0.2) is 54.6 Å². The van der Waals surface area contributed by atoms with Gasteiger partial charge in [0.25, 0.3) is 0 Å². The Morgan fingerprint density at radius 2 is 1.59 bits per heavy atom. The summed E-state index contributed by atoms with van der Waals surface area (Å²) in [5, 5.41) is 1.13. The van der Waals surface area contributed by atoms with Gasteiger partial charge in [0.05, 0.1) is 11.2 Å². The SMILES string of the molecule is Cc1nc(N)nc(OCc2nc3ccccc3c(C)c2-c2ccccc2)n1. The highest BCUT2D eigenvalue weighted by molar-refractivity contribution is 5.89. The van der Waals surface area contributed by atoms with E-state index < -0.39 is 0 Å². The van der Waals surface area contributed by atoms with Gasteiger partial charge in [-0.15, -0.1) is 0 Å². The lowest BCUT2D eigenvalue weighted by Crippen LogP contribution is -2.08. The molecule has 0 unspecified atom stereocenters. The van der Waals surface area contributed by atoms with Crippen molar-refractivity contribution in [1.82, 2.24) is 19.9 Å². The second-order valence-corrected chi connectivity index (χ2v) is 6.25. The molecule has 2 N–H and O–H groups in total. The quantitative estimate of drug-likeness (QED) is 0.597. The molecule has 4 rings (SSSR count). The van der Waals surface area contributed by atoms with Crippen molar-refractivity contribution in [1.29, 1.82) is 0 Å². The van der Waals surface area contributed by atoms with Crippen LogP contribution in [0.4, 0.5) is 5.95 Å². The predicted octanol–water partition coefficient (Wildman–Crippen LogP) is 3.86. The fourth-order valence-electron chi connectivity index (χ4n) is 3.21. The Kier molecular flexibility index (Phi) is 4.38. The molecule has 6 nitrogen and oxygen atoms in total. The molecular weight excluding hydrogens is 338 g/mol. The Morgan fingerprint density at radius 3 is 2.37 bits per heavy atom. The highest BCUT2D eigenvalue weighted by Crippen LogP contribution is 2.32. The zero-order valence-electron chi connectivity index (χ0n) is 15.2. The highest BCUT2D eigenvalue weighted by atomic mass is 16.5. The van der Waals surface area contributed by atoms with Gasteiger partial charge < -0.3 is 10.5 Å². The minimum atomic E-state index is 0.142. The lowest BCUT2D eigenvalue weighted by Gasteiger charge is -2.15. The standard InChI is InChI=1S/C21H19N5O/c1-13-16-10-6-7-11-17(16)25-18(19(13)15-8-4-3-5-9-15)12-27-21-24-14(2)23-20(22)26-21/h3-11H,12H2,1-2H3,(H2,22,23,24,26). The van der Waals surface area contributed by atoms with Crippen LogP contribution in [0, 0.1) is 13.8 Å². The van der Waals surface area contributed by atoms with Gasteiger partial charge in [-0.05, 0) is 31.0 Å². The van der Waals surface area contributed by atoms with Crippen molar-refractivity contribution in [3.8, 4) is 17.1 Å². The van der Waals surface area contributed by atoms with Crippen LogP contribution >= 0.6 is 0 Å². The summed E-state index contributed by atoms with van der Waals surface area (Å²) in [5.74, 6) is 0.659. The van der Waals surface area contributed by atoms with E-state index in [1.165, 1.54) is 0 Å². The van der Waals surface area contributed by atoms with Gasteiger partial charge in [0, 0.05) is 10.9 Å². The minimum Gasteiger partial charge on any atom is -0.457 e. The van der Waals surface area contributed by atoms with E-state index in [0.29, 0.717) is 5.82 Å². The van der Waals surface area contributed by atoms with Crippen molar-refractivity contribution in [2.75, 3.05) is 5.73 Å². The Morgan fingerprint density at radius 1 is 0.852 bits per heavy atom. The molecule has 0 saturated heterocycles. The first-order chi connectivity index (χ1) is 13.1. The molecule has 2 aromatic carbocycles. The van der Waals surface area contributed by atoms with Crippen LogP contribution in [0.5, 0.6) is 6.01 Å². The smallest absolute Gasteiger partial charge is 0.321 e. The number of aryl methyl sites for hydroxylation is 2. The average Bonchev–Trinajstić information content (AvgIpc) is 2.66. The van der Waals surface area contributed by atoms with Gasteiger partial charge in [-0.2, -0.15) is 15.0 Å². The van der Waals surface area contributed by atoms with Crippen LogP contribution in [0.2, 0.25) is 0 Å². The van der Waals surface area contributed by atoms with E-state index in [9.17, 15) is 0 Å². The molecule has 0 spiro atoms. The average molecular weight is 357 g/mol. The van der Waals surface area contributed by atoms with E-state index in [4.69, 9.17) is 15.5 Å². The topological polar surface area (TPSA) is 86.8 Å². The van der Waals surface area contributed by atoms with Gasteiger partial charge in [0.15, 0.2) is 0 Å². The van der Waals surface area contributed by atoms with Crippen molar-refractivity contribution in [3.63, 3.8) is 0 Å². The molecule has 0 saturated carbocycles. The summed E-state index contributed by atoms with van der Waals surface area (Å²) in [6.45, 7) is 4.10.